The van der Waals surface area contributed by atoms with Crippen molar-refractivity contribution < 1.29 is 29.3 Å². The van der Waals surface area contributed by atoms with Gasteiger partial charge in [-0.1, -0.05) is 48.2 Å². The van der Waals surface area contributed by atoms with Gasteiger partial charge >= 0.3 is 5.97 Å². The van der Waals surface area contributed by atoms with E-state index in [1.807, 2.05) is 0 Å². The van der Waals surface area contributed by atoms with Crippen molar-refractivity contribution in [2.24, 2.45) is 0 Å². The Kier molecular flexibility index (Phi) is 6.41. The van der Waals surface area contributed by atoms with Gasteiger partial charge in [-0.05, 0) is 11.6 Å². The van der Waals surface area contributed by atoms with Crippen LogP contribution in [0.15, 0.2) is 47.4 Å². The summed E-state index contributed by atoms with van der Waals surface area (Å²) in [5, 5.41) is 30.9. The highest BCUT2D eigenvalue weighted by Gasteiger charge is 2.33. The number of carboxylic acids is 1. The van der Waals surface area contributed by atoms with Crippen molar-refractivity contribution in [3.05, 3.63) is 84.3 Å². The van der Waals surface area contributed by atoms with Gasteiger partial charge < -0.3 is 5.11 Å². The van der Waals surface area contributed by atoms with Crippen LogP contribution in [0.25, 0.3) is 6.08 Å². The van der Waals surface area contributed by atoms with Gasteiger partial charge in [-0.15, -0.1) is 0 Å². The minimum atomic E-state index is -1.20. The van der Waals surface area contributed by atoms with Crippen LogP contribution in [0.3, 0.4) is 0 Å². The van der Waals surface area contributed by atoms with Crippen LogP contribution >= 0.6 is 24.0 Å². The lowest BCUT2D eigenvalue weighted by Crippen LogP contribution is -2.33. The van der Waals surface area contributed by atoms with Crippen LogP contribution in [0.2, 0.25) is 0 Å². The summed E-state index contributed by atoms with van der Waals surface area (Å²) in [4.78, 5) is 57.4. The first-order valence-corrected chi connectivity index (χ1v) is 9.85. The summed E-state index contributed by atoms with van der Waals surface area (Å²) in [5.41, 5.74) is -0.740. The lowest BCUT2D eigenvalue weighted by Gasteiger charge is -2.10. The van der Waals surface area contributed by atoms with E-state index in [1.165, 1.54) is 30.3 Å². The van der Waals surface area contributed by atoms with Crippen molar-refractivity contribution in [1.29, 1.82) is 0 Å². The number of carbonyl (C=O) groups is 3. The third kappa shape index (κ3) is 4.84. The molecule has 0 unspecified atom stereocenters. The third-order valence-corrected chi connectivity index (χ3v) is 5.60. The van der Waals surface area contributed by atoms with Crippen molar-refractivity contribution in [2.45, 2.75) is 0 Å². The molecular weight excluding hydrogens is 462 g/mol. The van der Waals surface area contributed by atoms with E-state index in [-0.39, 0.29) is 20.4 Å². The van der Waals surface area contributed by atoms with Gasteiger partial charge in [0.1, 0.15) is 10.9 Å². The zero-order valence-corrected chi connectivity index (χ0v) is 17.4. The molecule has 0 saturated carbocycles. The molecule has 2 aromatic carbocycles. The fourth-order valence-electron chi connectivity index (χ4n) is 2.76. The van der Waals surface area contributed by atoms with Crippen LogP contribution in [-0.4, -0.2) is 48.4 Å². The molecule has 1 saturated heterocycles. The van der Waals surface area contributed by atoms with Gasteiger partial charge in [0.05, 0.1) is 20.8 Å². The zero-order chi connectivity index (χ0) is 23.6. The molecule has 3 rings (SSSR count). The minimum Gasteiger partial charge on any atom is -0.480 e. The van der Waals surface area contributed by atoms with Crippen molar-refractivity contribution in [2.75, 3.05) is 6.54 Å². The standard InChI is InChI=1S/C19H11N3O8S2/c23-16(24)9-20-18(26)15(32-19(20)31)5-10-1-3-11(4-2-10)17(25)12-6-13(21(27)28)8-14(7-12)22(29)30/h1-8H,9H2,(H,23,24)/b15-5-. The van der Waals surface area contributed by atoms with Gasteiger partial charge in [0.25, 0.3) is 17.3 Å². The van der Waals surface area contributed by atoms with Crippen LogP contribution in [0.5, 0.6) is 0 Å². The number of thiocarbonyl (C=S) groups is 1. The molecule has 13 heteroatoms. The molecule has 11 nitrogen and oxygen atoms in total. The number of ketones is 1. The van der Waals surface area contributed by atoms with Crippen LogP contribution in [0, 0.1) is 20.2 Å². The number of carboxylic acid groups (broad SMARTS) is 1. The Labute approximate surface area is 188 Å². The first kappa shape index (κ1) is 22.7. The number of benzene rings is 2. The molecule has 1 aliphatic rings. The van der Waals surface area contributed by atoms with E-state index in [1.54, 1.807) is 0 Å². The predicted molar refractivity (Wildman–Crippen MR) is 117 cm³/mol. The summed E-state index contributed by atoms with van der Waals surface area (Å²) in [6.45, 7) is -0.551. The van der Waals surface area contributed by atoms with E-state index < -0.39 is 45.4 Å². The molecule has 1 amide bonds. The van der Waals surface area contributed by atoms with Crippen molar-refractivity contribution in [3.63, 3.8) is 0 Å². The first-order chi connectivity index (χ1) is 15.1. The van der Waals surface area contributed by atoms with Gasteiger partial charge in [0.15, 0.2) is 5.78 Å². The molecule has 1 aliphatic heterocycles. The molecule has 0 radical (unpaired) electrons. The van der Waals surface area contributed by atoms with Crippen LogP contribution in [0.4, 0.5) is 11.4 Å². The predicted octanol–water partition coefficient (Wildman–Crippen LogP) is 3.02. The molecule has 0 spiro atoms. The number of hydrogen-bond donors (Lipinski definition) is 1. The second kappa shape index (κ2) is 9.03. The maximum absolute atomic E-state index is 12.7. The quantitative estimate of drug-likeness (QED) is 0.208. The number of nitro benzene ring substituents is 2. The second-order valence-electron chi connectivity index (χ2n) is 6.37. The number of nitro groups is 2. The van der Waals surface area contributed by atoms with E-state index in [0.29, 0.717) is 5.56 Å². The molecule has 0 bridgehead atoms. The third-order valence-electron chi connectivity index (χ3n) is 4.22. The Morgan fingerprint density at radius 2 is 1.59 bits per heavy atom. The van der Waals surface area contributed by atoms with Crippen molar-refractivity contribution in [3.8, 4) is 0 Å². The summed E-state index contributed by atoms with van der Waals surface area (Å²) in [5.74, 6) is -2.41. The number of amides is 1. The summed E-state index contributed by atoms with van der Waals surface area (Å²) < 4.78 is 0.114. The number of non-ortho nitro benzene ring substituents is 2. The van der Waals surface area contributed by atoms with E-state index in [4.69, 9.17) is 17.3 Å². The average molecular weight is 473 g/mol. The number of hydrogen-bond acceptors (Lipinski definition) is 9. The number of rotatable bonds is 7. The molecule has 1 fully saturated rings. The van der Waals surface area contributed by atoms with Crippen LogP contribution in [-0.2, 0) is 9.59 Å². The largest absolute Gasteiger partial charge is 0.480 e. The molecule has 162 valence electrons. The Bertz CT molecular complexity index is 1190. The summed E-state index contributed by atoms with van der Waals surface area (Å²) in [6.07, 6.45) is 1.48. The molecule has 0 atom stereocenters. The van der Waals surface area contributed by atoms with Gasteiger partial charge in [-0.2, -0.15) is 0 Å². The zero-order valence-electron chi connectivity index (χ0n) is 15.8. The second-order valence-corrected chi connectivity index (χ2v) is 8.04. The van der Waals surface area contributed by atoms with E-state index >= 15 is 0 Å². The van der Waals surface area contributed by atoms with Crippen molar-refractivity contribution in [1.82, 2.24) is 4.90 Å². The number of nitrogens with zero attached hydrogens (tertiary/aromatic N) is 3. The lowest BCUT2D eigenvalue weighted by molar-refractivity contribution is -0.394. The fraction of sp³-hybridized carbons (Fsp3) is 0.0526. The van der Waals surface area contributed by atoms with Crippen LogP contribution < -0.4 is 0 Å². The minimum absolute atomic E-state index is 0.114. The maximum atomic E-state index is 12.7. The topological polar surface area (TPSA) is 161 Å². The van der Waals surface area contributed by atoms with Gasteiger partial charge in [-0.25, -0.2) is 0 Å². The summed E-state index contributed by atoms with van der Waals surface area (Å²) >= 11 is 5.96. The molecule has 32 heavy (non-hydrogen) atoms. The molecular formula is C19H11N3O8S2. The Morgan fingerprint density at radius 3 is 2.09 bits per heavy atom. The first-order valence-electron chi connectivity index (χ1n) is 8.62. The number of carbonyl (C=O) groups excluding carboxylic acids is 2. The molecule has 1 N–H and O–H groups in total. The highest BCUT2D eigenvalue weighted by Crippen LogP contribution is 2.32. The van der Waals surface area contributed by atoms with E-state index in [0.717, 1.165) is 34.9 Å². The fourth-order valence-corrected chi connectivity index (χ4v) is 4.01. The Morgan fingerprint density at radius 1 is 1.03 bits per heavy atom. The van der Waals surface area contributed by atoms with E-state index in [9.17, 15) is 34.6 Å². The SMILES string of the molecule is O=C(O)CN1C(=O)/C(=C/c2ccc(C(=O)c3cc([N+](=O)[O-])cc([N+](=O)[O-])c3)cc2)SC1=S. The Balaban J connectivity index is 1.86. The highest BCUT2D eigenvalue weighted by molar-refractivity contribution is 8.26. The van der Waals surface area contributed by atoms with Gasteiger partial charge in [-0.3, -0.25) is 39.5 Å². The van der Waals surface area contributed by atoms with Crippen molar-refractivity contribution >= 4 is 63.4 Å². The van der Waals surface area contributed by atoms with E-state index in [2.05, 4.69) is 0 Å². The molecule has 2 aromatic rings. The summed E-state index contributed by atoms with van der Waals surface area (Å²) in [6, 6.07) is 8.48. The average Bonchev–Trinajstić information content (AvgIpc) is 3.00. The number of thioether (sulfide) groups is 1. The smallest absolute Gasteiger partial charge is 0.323 e. The van der Waals surface area contributed by atoms with Crippen LogP contribution in [0.1, 0.15) is 21.5 Å². The molecule has 0 aliphatic carbocycles. The summed E-state index contributed by atoms with van der Waals surface area (Å²) in [7, 11) is 0. The normalized spacial score (nSPS) is 14.6. The van der Waals surface area contributed by atoms with Gasteiger partial charge in [0, 0.05) is 23.3 Å². The van der Waals surface area contributed by atoms with Gasteiger partial charge in [0.2, 0.25) is 0 Å². The number of aliphatic carboxylic acids is 1. The monoisotopic (exact) mass is 473 g/mol. The lowest BCUT2D eigenvalue weighted by atomic mass is 10.0. The molecule has 1 heterocycles. The maximum Gasteiger partial charge on any atom is 0.323 e. The Hall–Kier alpha value is -3.97. The molecule has 0 aromatic heterocycles. The highest BCUT2D eigenvalue weighted by atomic mass is 32.2.